The number of carbonyl (C=O) groups excluding carboxylic acids is 3. The van der Waals surface area contributed by atoms with Crippen LogP contribution in [0.3, 0.4) is 0 Å². The van der Waals surface area contributed by atoms with Gasteiger partial charge in [0.25, 0.3) is 0 Å². The van der Waals surface area contributed by atoms with E-state index in [2.05, 4.69) is 11.9 Å². The highest BCUT2D eigenvalue weighted by Gasteiger charge is 2.28. The molecule has 3 amide bonds. The van der Waals surface area contributed by atoms with Crippen LogP contribution in [0.4, 0.5) is 5.69 Å². The summed E-state index contributed by atoms with van der Waals surface area (Å²) >= 11 is 0. The fourth-order valence-corrected chi connectivity index (χ4v) is 2.84. The Morgan fingerprint density at radius 2 is 2.08 bits per heavy atom. The van der Waals surface area contributed by atoms with Gasteiger partial charge < -0.3 is 15.1 Å². The van der Waals surface area contributed by atoms with E-state index in [4.69, 9.17) is 5.26 Å². The van der Waals surface area contributed by atoms with Crippen molar-refractivity contribution in [2.75, 3.05) is 32.0 Å². The Hall–Kier alpha value is -3.14. The summed E-state index contributed by atoms with van der Waals surface area (Å²) in [6.45, 7) is 4.36. The molecule has 1 heterocycles. The molecule has 7 nitrogen and oxygen atoms in total. The number of hydrogen-bond donors (Lipinski definition) is 1. The van der Waals surface area contributed by atoms with Gasteiger partial charge in [-0.2, -0.15) is 5.26 Å². The summed E-state index contributed by atoms with van der Waals surface area (Å²) in [6.07, 6.45) is 2.30. The van der Waals surface area contributed by atoms with Gasteiger partial charge in [-0.25, -0.2) is 0 Å². The van der Waals surface area contributed by atoms with E-state index in [1.54, 1.807) is 36.2 Å². The zero-order valence-electron chi connectivity index (χ0n) is 14.8. The fourth-order valence-electron chi connectivity index (χ4n) is 2.84. The molecule has 136 valence electrons. The summed E-state index contributed by atoms with van der Waals surface area (Å²) in [4.78, 5) is 39.1. The summed E-state index contributed by atoms with van der Waals surface area (Å²) in [5, 5.41) is 11.7. The normalized spacial score (nSPS) is 14.2. The summed E-state index contributed by atoms with van der Waals surface area (Å²) in [5.74, 6) is -0.723. The molecule has 0 saturated carbocycles. The molecular formula is C19H22N4O3. The van der Waals surface area contributed by atoms with Crippen LogP contribution in [0, 0.1) is 17.2 Å². The second-order valence-electron chi connectivity index (χ2n) is 6.24. The SMILES string of the molecule is C=CC(=O)N(C)CC(=O)N1CCC(C(=O)Nc2cccc(C#N)c2)CC1. The van der Waals surface area contributed by atoms with E-state index in [0.717, 1.165) is 0 Å². The van der Waals surface area contributed by atoms with Crippen molar-refractivity contribution in [1.29, 1.82) is 5.26 Å². The van der Waals surface area contributed by atoms with E-state index in [-0.39, 0.29) is 30.2 Å². The van der Waals surface area contributed by atoms with Gasteiger partial charge in [-0.1, -0.05) is 12.6 Å². The number of likely N-dealkylation sites (N-methyl/N-ethyl adjacent to an activating group) is 1. The Bertz CT molecular complexity index is 745. The van der Waals surface area contributed by atoms with Crippen LogP contribution in [-0.2, 0) is 14.4 Å². The first kappa shape index (κ1) is 19.2. The van der Waals surface area contributed by atoms with Crippen LogP contribution >= 0.6 is 0 Å². The van der Waals surface area contributed by atoms with Crippen molar-refractivity contribution in [1.82, 2.24) is 9.80 Å². The highest BCUT2D eigenvalue weighted by atomic mass is 16.2. The van der Waals surface area contributed by atoms with Gasteiger partial charge >= 0.3 is 0 Å². The third kappa shape index (κ3) is 4.93. The maximum Gasteiger partial charge on any atom is 0.246 e. The lowest BCUT2D eigenvalue weighted by Crippen LogP contribution is -2.45. The van der Waals surface area contributed by atoms with E-state index >= 15 is 0 Å². The fraction of sp³-hybridized carbons (Fsp3) is 0.368. The molecule has 1 saturated heterocycles. The van der Waals surface area contributed by atoms with Gasteiger partial charge in [0.05, 0.1) is 18.2 Å². The average molecular weight is 354 g/mol. The number of rotatable bonds is 5. The Kier molecular flexibility index (Phi) is 6.50. The van der Waals surface area contributed by atoms with Crippen LogP contribution in [0.15, 0.2) is 36.9 Å². The number of piperidine rings is 1. The van der Waals surface area contributed by atoms with Crippen molar-refractivity contribution in [3.8, 4) is 6.07 Å². The molecule has 1 aromatic carbocycles. The maximum atomic E-state index is 12.4. The number of hydrogen-bond acceptors (Lipinski definition) is 4. The minimum absolute atomic E-state index is 0.00265. The summed E-state index contributed by atoms with van der Waals surface area (Å²) in [5.41, 5.74) is 1.08. The predicted octanol–water partition coefficient (Wildman–Crippen LogP) is 1.38. The molecular weight excluding hydrogens is 332 g/mol. The Morgan fingerprint density at radius 1 is 1.38 bits per heavy atom. The smallest absolute Gasteiger partial charge is 0.246 e. The lowest BCUT2D eigenvalue weighted by Gasteiger charge is -2.32. The summed E-state index contributed by atoms with van der Waals surface area (Å²) in [7, 11) is 1.55. The summed E-state index contributed by atoms with van der Waals surface area (Å²) in [6, 6.07) is 8.80. The van der Waals surface area contributed by atoms with E-state index in [9.17, 15) is 14.4 Å². The largest absolute Gasteiger partial charge is 0.341 e. The highest BCUT2D eigenvalue weighted by molar-refractivity contribution is 5.93. The molecule has 1 aromatic rings. The van der Waals surface area contributed by atoms with Crippen molar-refractivity contribution in [3.63, 3.8) is 0 Å². The van der Waals surface area contributed by atoms with Gasteiger partial charge in [-0.05, 0) is 37.1 Å². The molecule has 1 aliphatic heterocycles. The molecule has 0 radical (unpaired) electrons. The number of nitrogens with one attached hydrogen (secondary N) is 1. The topological polar surface area (TPSA) is 93.5 Å². The number of benzene rings is 1. The molecule has 1 fully saturated rings. The number of anilines is 1. The van der Waals surface area contributed by atoms with E-state index in [1.165, 1.54) is 11.0 Å². The van der Waals surface area contributed by atoms with Crippen LogP contribution in [0.5, 0.6) is 0 Å². The molecule has 26 heavy (non-hydrogen) atoms. The molecule has 7 heteroatoms. The van der Waals surface area contributed by atoms with Gasteiger partial charge in [-0.3, -0.25) is 14.4 Å². The third-order valence-electron chi connectivity index (χ3n) is 4.40. The maximum absolute atomic E-state index is 12.4. The first-order valence-corrected chi connectivity index (χ1v) is 8.41. The van der Waals surface area contributed by atoms with Crippen LogP contribution < -0.4 is 5.32 Å². The quantitative estimate of drug-likeness (QED) is 0.809. The molecule has 2 rings (SSSR count). The Labute approximate surface area is 152 Å². The molecule has 0 unspecified atom stereocenters. The number of carbonyl (C=O) groups is 3. The second kappa shape index (κ2) is 8.81. The van der Waals surface area contributed by atoms with Gasteiger partial charge in [0.1, 0.15) is 0 Å². The zero-order valence-corrected chi connectivity index (χ0v) is 14.8. The van der Waals surface area contributed by atoms with Gasteiger partial charge in [-0.15, -0.1) is 0 Å². The van der Waals surface area contributed by atoms with E-state index in [0.29, 0.717) is 37.2 Å². The van der Waals surface area contributed by atoms with Crippen LogP contribution in [0.25, 0.3) is 0 Å². The molecule has 0 atom stereocenters. The molecule has 0 bridgehead atoms. The van der Waals surface area contributed by atoms with Crippen LogP contribution in [-0.4, -0.2) is 54.2 Å². The van der Waals surface area contributed by atoms with Crippen molar-refractivity contribution in [3.05, 3.63) is 42.5 Å². The molecule has 0 spiro atoms. The number of nitrogens with zero attached hydrogens (tertiary/aromatic N) is 3. The van der Waals surface area contributed by atoms with Gasteiger partial charge in [0.2, 0.25) is 17.7 Å². The summed E-state index contributed by atoms with van der Waals surface area (Å²) < 4.78 is 0. The van der Waals surface area contributed by atoms with Crippen molar-refractivity contribution >= 4 is 23.4 Å². The van der Waals surface area contributed by atoms with Crippen LogP contribution in [0.1, 0.15) is 18.4 Å². The highest BCUT2D eigenvalue weighted by Crippen LogP contribution is 2.20. The number of nitriles is 1. The first-order chi connectivity index (χ1) is 12.4. The van der Waals surface area contributed by atoms with Gasteiger partial charge in [0, 0.05) is 31.7 Å². The van der Waals surface area contributed by atoms with Crippen LogP contribution in [0.2, 0.25) is 0 Å². The minimum Gasteiger partial charge on any atom is -0.341 e. The zero-order chi connectivity index (χ0) is 19.1. The minimum atomic E-state index is -0.299. The lowest BCUT2D eigenvalue weighted by molar-refractivity contribution is -0.139. The Balaban J connectivity index is 1.84. The third-order valence-corrected chi connectivity index (χ3v) is 4.40. The monoisotopic (exact) mass is 354 g/mol. The second-order valence-corrected chi connectivity index (χ2v) is 6.24. The average Bonchev–Trinajstić information content (AvgIpc) is 2.67. The predicted molar refractivity (Wildman–Crippen MR) is 96.9 cm³/mol. The first-order valence-electron chi connectivity index (χ1n) is 8.41. The van der Waals surface area contributed by atoms with E-state index < -0.39 is 0 Å². The number of amides is 3. The van der Waals surface area contributed by atoms with Gasteiger partial charge in [0.15, 0.2) is 0 Å². The molecule has 0 aromatic heterocycles. The molecule has 1 aliphatic rings. The van der Waals surface area contributed by atoms with Crippen molar-refractivity contribution in [2.24, 2.45) is 5.92 Å². The standard InChI is InChI=1S/C19H22N4O3/c1-3-17(24)22(2)13-18(25)23-9-7-15(8-10-23)19(26)21-16-6-4-5-14(11-16)12-20/h3-6,11,15H,1,7-10,13H2,2H3,(H,21,26). The number of likely N-dealkylation sites (tertiary alicyclic amines) is 1. The molecule has 0 aliphatic carbocycles. The van der Waals surface area contributed by atoms with Crippen molar-refractivity contribution in [2.45, 2.75) is 12.8 Å². The molecule has 1 N–H and O–H groups in total. The lowest BCUT2D eigenvalue weighted by atomic mass is 9.95. The van der Waals surface area contributed by atoms with Crippen molar-refractivity contribution < 1.29 is 14.4 Å². The Morgan fingerprint density at radius 3 is 2.69 bits per heavy atom. The van der Waals surface area contributed by atoms with E-state index in [1.807, 2.05) is 6.07 Å².